The van der Waals surface area contributed by atoms with E-state index in [1.54, 1.807) is 5.56 Å². The summed E-state index contributed by atoms with van der Waals surface area (Å²) in [6.45, 7) is 2.60. The van der Waals surface area contributed by atoms with Gasteiger partial charge in [-0.05, 0) is 80.0 Å². The molecule has 4 aliphatic carbocycles. The van der Waals surface area contributed by atoms with E-state index in [0.29, 0.717) is 5.41 Å². The highest BCUT2D eigenvalue weighted by Crippen LogP contribution is 2.51. The maximum Gasteiger partial charge on any atom is 0.0306 e. The van der Waals surface area contributed by atoms with Crippen LogP contribution in [0.25, 0.3) is 0 Å². The molecule has 1 spiro atoms. The third kappa shape index (κ3) is 2.21. The van der Waals surface area contributed by atoms with Crippen LogP contribution in [0.2, 0.25) is 0 Å². The molecule has 1 aliphatic heterocycles. The van der Waals surface area contributed by atoms with Gasteiger partial charge in [0.05, 0.1) is 0 Å². The summed E-state index contributed by atoms with van der Waals surface area (Å²) in [5.41, 5.74) is 9.86. The highest BCUT2D eigenvalue weighted by molar-refractivity contribution is 5.42. The molecule has 2 N–H and O–H groups in total. The minimum atomic E-state index is 0.267. The van der Waals surface area contributed by atoms with E-state index < -0.39 is 0 Å². The van der Waals surface area contributed by atoms with Gasteiger partial charge in [-0.15, -0.1) is 0 Å². The normalized spacial score (nSPS) is 38.8. The Morgan fingerprint density at radius 2 is 1.74 bits per heavy atom. The first kappa shape index (κ1) is 14.5. The predicted molar refractivity (Wildman–Crippen MR) is 94.3 cm³/mol. The Labute approximate surface area is 140 Å². The number of piperidine rings is 1. The van der Waals surface area contributed by atoms with Crippen molar-refractivity contribution in [3.05, 3.63) is 35.4 Å². The van der Waals surface area contributed by atoms with Gasteiger partial charge >= 0.3 is 0 Å². The molecule has 0 aromatic heterocycles. The van der Waals surface area contributed by atoms with E-state index in [1.807, 2.05) is 0 Å². The average molecular weight is 310 g/mol. The average Bonchev–Trinajstić information content (AvgIpc) is 2.89. The van der Waals surface area contributed by atoms with Crippen LogP contribution in [-0.2, 0) is 5.41 Å². The van der Waals surface area contributed by atoms with Gasteiger partial charge in [0, 0.05) is 12.1 Å². The van der Waals surface area contributed by atoms with Crippen molar-refractivity contribution in [1.82, 2.24) is 4.90 Å². The molecule has 1 aromatic rings. The van der Waals surface area contributed by atoms with Gasteiger partial charge in [-0.2, -0.15) is 0 Å². The zero-order valence-electron chi connectivity index (χ0n) is 14.2. The number of hydrogen-bond donors (Lipinski definition) is 1. The topological polar surface area (TPSA) is 29.3 Å². The largest absolute Gasteiger partial charge is 0.324 e. The Balaban J connectivity index is 1.33. The summed E-state index contributed by atoms with van der Waals surface area (Å²) >= 11 is 0. The maximum absolute atomic E-state index is 6.47. The van der Waals surface area contributed by atoms with E-state index in [4.69, 9.17) is 5.73 Å². The highest BCUT2D eigenvalue weighted by atomic mass is 15.2. The molecule has 3 saturated carbocycles. The number of likely N-dealkylation sites (tertiary alicyclic amines) is 1. The molecule has 1 saturated heterocycles. The molecule has 2 nitrogen and oxygen atoms in total. The summed E-state index contributed by atoms with van der Waals surface area (Å²) in [6, 6.07) is 10.2. The van der Waals surface area contributed by atoms with Crippen LogP contribution < -0.4 is 5.73 Å². The van der Waals surface area contributed by atoms with Crippen LogP contribution in [0.5, 0.6) is 0 Å². The lowest BCUT2D eigenvalue weighted by molar-refractivity contribution is 0.00890. The molecule has 4 fully saturated rings. The van der Waals surface area contributed by atoms with Crippen molar-refractivity contribution in [2.45, 2.75) is 68.9 Å². The number of fused-ring (bicyclic) bond motifs is 5. The molecular formula is C21H30N2. The first-order chi connectivity index (χ1) is 11.3. The zero-order chi connectivity index (χ0) is 15.4. The minimum Gasteiger partial charge on any atom is -0.324 e. The van der Waals surface area contributed by atoms with E-state index in [1.165, 1.54) is 70.0 Å². The van der Waals surface area contributed by atoms with E-state index in [2.05, 4.69) is 29.2 Å². The number of benzene rings is 1. The fraction of sp³-hybridized carbons (Fsp3) is 0.714. The van der Waals surface area contributed by atoms with Crippen molar-refractivity contribution >= 4 is 0 Å². The van der Waals surface area contributed by atoms with Gasteiger partial charge in [-0.25, -0.2) is 0 Å². The van der Waals surface area contributed by atoms with E-state index in [9.17, 15) is 0 Å². The molecule has 0 amide bonds. The SMILES string of the molecule is N[C@@H]1CC2(CCN([C@H]3C[C@H]4CC[C@@H]3CC4)CC2)c2ccccc21. The van der Waals surface area contributed by atoms with Gasteiger partial charge in [0.25, 0.3) is 0 Å². The van der Waals surface area contributed by atoms with Crippen molar-refractivity contribution in [3.8, 4) is 0 Å². The standard InChI is InChI=1S/C21H30N2/c22-19-14-21(18-4-2-1-3-17(18)19)9-11-23(12-10-21)20-13-15-5-7-16(20)8-6-15/h1-4,15-16,19-20H,5-14,22H2/t15-,16+,19-,20+/m1/s1. The summed E-state index contributed by atoms with van der Waals surface area (Å²) < 4.78 is 0. The van der Waals surface area contributed by atoms with Gasteiger partial charge in [-0.3, -0.25) is 0 Å². The van der Waals surface area contributed by atoms with Crippen LogP contribution in [-0.4, -0.2) is 24.0 Å². The van der Waals surface area contributed by atoms with Crippen molar-refractivity contribution in [3.63, 3.8) is 0 Å². The van der Waals surface area contributed by atoms with Crippen LogP contribution in [0.4, 0.5) is 0 Å². The van der Waals surface area contributed by atoms with Gasteiger partial charge in [0.2, 0.25) is 0 Å². The van der Waals surface area contributed by atoms with Crippen molar-refractivity contribution < 1.29 is 0 Å². The zero-order valence-corrected chi connectivity index (χ0v) is 14.2. The quantitative estimate of drug-likeness (QED) is 0.849. The fourth-order valence-corrected chi connectivity index (χ4v) is 6.49. The summed E-state index contributed by atoms with van der Waals surface area (Å²) in [7, 11) is 0. The molecule has 1 heterocycles. The lowest BCUT2D eigenvalue weighted by atomic mass is 9.66. The van der Waals surface area contributed by atoms with E-state index in [-0.39, 0.29) is 6.04 Å². The molecular weight excluding hydrogens is 280 g/mol. The minimum absolute atomic E-state index is 0.267. The summed E-state index contributed by atoms with van der Waals surface area (Å²) in [6.07, 6.45) is 11.4. The Morgan fingerprint density at radius 1 is 1.00 bits per heavy atom. The van der Waals surface area contributed by atoms with Gasteiger partial charge in [0.1, 0.15) is 0 Å². The monoisotopic (exact) mass is 310 g/mol. The third-order valence-electron chi connectivity index (χ3n) is 7.78. The van der Waals surface area contributed by atoms with Crippen LogP contribution in [0.1, 0.15) is 68.5 Å². The lowest BCUT2D eigenvalue weighted by Crippen LogP contribution is -2.52. The Morgan fingerprint density at radius 3 is 2.43 bits per heavy atom. The molecule has 23 heavy (non-hydrogen) atoms. The third-order valence-corrected chi connectivity index (χ3v) is 7.78. The van der Waals surface area contributed by atoms with Crippen molar-refractivity contribution in [2.24, 2.45) is 17.6 Å². The summed E-state index contributed by atoms with van der Waals surface area (Å²) in [4.78, 5) is 2.87. The molecule has 0 unspecified atom stereocenters. The molecule has 2 bridgehead atoms. The first-order valence-corrected chi connectivity index (χ1v) is 9.84. The molecule has 124 valence electrons. The van der Waals surface area contributed by atoms with Crippen molar-refractivity contribution in [1.29, 1.82) is 0 Å². The molecule has 0 radical (unpaired) electrons. The number of hydrogen-bond acceptors (Lipinski definition) is 2. The number of nitrogens with zero attached hydrogens (tertiary/aromatic N) is 1. The molecule has 5 aliphatic rings. The molecule has 2 heteroatoms. The Bertz CT molecular complexity index is 579. The molecule has 6 rings (SSSR count). The van der Waals surface area contributed by atoms with Crippen LogP contribution in [0.15, 0.2) is 24.3 Å². The summed E-state index contributed by atoms with van der Waals surface area (Å²) in [5, 5.41) is 0. The smallest absolute Gasteiger partial charge is 0.0306 e. The summed E-state index contributed by atoms with van der Waals surface area (Å²) in [5.74, 6) is 2.05. The van der Waals surface area contributed by atoms with E-state index >= 15 is 0 Å². The second-order valence-electron chi connectivity index (χ2n) is 8.80. The van der Waals surface area contributed by atoms with Crippen LogP contribution >= 0.6 is 0 Å². The number of rotatable bonds is 1. The fourth-order valence-electron chi connectivity index (χ4n) is 6.49. The Kier molecular flexibility index (Phi) is 3.35. The van der Waals surface area contributed by atoms with Crippen molar-refractivity contribution in [2.75, 3.05) is 13.1 Å². The van der Waals surface area contributed by atoms with Gasteiger partial charge in [0.15, 0.2) is 0 Å². The maximum atomic E-state index is 6.47. The van der Waals surface area contributed by atoms with Crippen LogP contribution in [0.3, 0.4) is 0 Å². The highest BCUT2D eigenvalue weighted by Gasteiger charge is 2.46. The molecule has 2 atom stereocenters. The predicted octanol–water partition coefficient (Wildman–Crippen LogP) is 4.00. The number of nitrogens with two attached hydrogens (primary N) is 1. The molecule has 1 aromatic carbocycles. The van der Waals surface area contributed by atoms with Gasteiger partial charge < -0.3 is 10.6 Å². The van der Waals surface area contributed by atoms with Gasteiger partial charge in [-0.1, -0.05) is 37.1 Å². The second kappa shape index (κ2) is 5.32. The first-order valence-electron chi connectivity index (χ1n) is 9.84. The van der Waals surface area contributed by atoms with E-state index in [0.717, 1.165) is 17.9 Å². The Hall–Kier alpha value is -0.860. The van der Waals surface area contributed by atoms with Crippen LogP contribution in [0, 0.1) is 11.8 Å². The lowest BCUT2D eigenvalue weighted by Gasteiger charge is -2.51. The second-order valence-corrected chi connectivity index (χ2v) is 8.80.